The lowest BCUT2D eigenvalue weighted by atomic mass is 9.82. The lowest BCUT2D eigenvalue weighted by molar-refractivity contribution is -0.408. The van der Waals surface area contributed by atoms with Crippen molar-refractivity contribution < 1.29 is 86.2 Å². The molecule has 3 unspecified atom stereocenters. The van der Waals surface area contributed by atoms with E-state index >= 15 is 0 Å². The van der Waals surface area contributed by atoms with Crippen LogP contribution in [0, 0.1) is 16.7 Å². The van der Waals surface area contributed by atoms with E-state index in [2.05, 4.69) is 9.47 Å². The van der Waals surface area contributed by atoms with Gasteiger partial charge in [-0.15, -0.1) is 0 Å². The van der Waals surface area contributed by atoms with Crippen LogP contribution in [0.25, 0.3) is 0 Å². The lowest BCUT2D eigenvalue weighted by Crippen LogP contribution is -2.72. The molecule has 0 fully saturated rings. The Hall–Kier alpha value is -2.35. The second-order valence-corrected chi connectivity index (χ2v) is 16.4. The van der Waals surface area contributed by atoms with Crippen molar-refractivity contribution in [3.63, 3.8) is 0 Å². The Bertz CT molecular complexity index is 1260. The summed E-state index contributed by atoms with van der Waals surface area (Å²) in [4.78, 5) is 35.5. The fraction of sp³-hybridized carbons (Fsp3) is 0.909. The Morgan fingerprint density at radius 3 is 1.26 bits per heavy atom. The minimum Gasteiger partial charge on any atom is -0.462 e. The molecule has 0 saturated carbocycles. The molecule has 320 valence electrons. The SMILES string of the molecule is C.CCC(C)(C)C(=O)OC(C)(C)C(OC(=O)C(C)C)(C(F)(F)F)C(F)(F)F.CCC(C)(C)C(=O)OC(C)CC(C)(O)C(F)(F)F.CCC(C)S(=O)(=O)O. The summed E-state index contributed by atoms with van der Waals surface area (Å²) in [6, 6.07) is 0. The predicted molar refractivity (Wildman–Crippen MR) is 179 cm³/mol. The molecule has 3 atom stereocenters. The number of hydrogen-bond donors (Lipinski definition) is 2. The number of carbonyl (C=O) groups excluding carboxylic acids is 3. The third kappa shape index (κ3) is 16.5. The van der Waals surface area contributed by atoms with Crippen LogP contribution >= 0.6 is 0 Å². The zero-order valence-corrected chi connectivity index (χ0v) is 32.8. The third-order valence-electron chi connectivity index (χ3n) is 8.28. The lowest BCUT2D eigenvalue weighted by Gasteiger charge is -2.46. The van der Waals surface area contributed by atoms with Gasteiger partial charge in [-0.2, -0.15) is 47.9 Å². The van der Waals surface area contributed by atoms with Crippen molar-refractivity contribution in [3.8, 4) is 0 Å². The van der Waals surface area contributed by atoms with Gasteiger partial charge >= 0.3 is 42.0 Å². The Balaban J connectivity index is -0.000000384. The molecule has 0 radical (unpaired) electrons. The van der Waals surface area contributed by atoms with E-state index in [1.54, 1.807) is 27.7 Å². The first kappa shape index (κ1) is 57.4. The van der Waals surface area contributed by atoms with Crippen LogP contribution in [0.15, 0.2) is 0 Å². The number of rotatable bonds is 13. The van der Waals surface area contributed by atoms with Gasteiger partial charge in [-0.3, -0.25) is 18.9 Å². The summed E-state index contributed by atoms with van der Waals surface area (Å²) in [5.41, 5.74) is -13.2. The van der Waals surface area contributed by atoms with Crippen LogP contribution in [0.1, 0.15) is 130 Å². The van der Waals surface area contributed by atoms with Crippen molar-refractivity contribution >= 4 is 28.0 Å². The predicted octanol–water partition coefficient (Wildman–Crippen LogP) is 9.17. The molecule has 0 aromatic carbocycles. The Morgan fingerprint density at radius 1 is 0.660 bits per heavy atom. The zero-order chi connectivity index (χ0) is 42.9. The summed E-state index contributed by atoms with van der Waals surface area (Å²) >= 11 is 0. The fourth-order valence-corrected chi connectivity index (χ4v) is 3.77. The van der Waals surface area contributed by atoms with Crippen LogP contribution in [0.4, 0.5) is 39.5 Å². The standard InChI is InChI=1S/C16H24F6O4.C12H21F3O3.C4H10O3S.CH4/c1-8-12(4,5)11(24)26-13(6,7)14(15(17,18)19,16(20,21)22)25-10(23)9(2)3;1-6-10(3,4)9(16)18-8(2)7-11(5,17)12(13,14)15;1-3-4(2)8(5,6)7;/h9H,8H2,1-7H3;8,17H,6-7H2,1-5H3;4H,3H2,1-2H3,(H,5,6,7);1H4. The molecule has 0 rings (SSSR count). The molecule has 53 heavy (non-hydrogen) atoms. The molecule has 0 aliphatic heterocycles. The highest BCUT2D eigenvalue weighted by molar-refractivity contribution is 7.86. The number of carbonyl (C=O) groups is 3. The summed E-state index contributed by atoms with van der Waals surface area (Å²) in [6.45, 7) is 17.4. The summed E-state index contributed by atoms with van der Waals surface area (Å²) < 4.78 is 161. The van der Waals surface area contributed by atoms with Gasteiger partial charge in [0.1, 0.15) is 6.10 Å². The quantitative estimate of drug-likeness (QED) is 0.0796. The number of aliphatic hydroxyl groups is 1. The van der Waals surface area contributed by atoms with Crippen LogP contribution in [0.3, 0.4) is 0 Å². The monoisotopic (exact) mass is 818 g/mol. The highest BCUT2D eigenvalue weighted by Gasteiger charge is 2.82. The molecule has 0 amide bonds. The highest BCUT2D eigenvalue weighted by atomic mass is 32.2. The number of esters is 3. The number of hydrogen-bond acceptors (Lipinski definition) is 9. The van der Waals surface area contributed by atoms with Gasteiger partial charge in [0.15, 0.2) is 11.2 Å². The van der Waals surface area contributed by atoms with Gasteiger partial charge in [0.05, 0.1) is 22.0 Å². The van der Waals surface area contributed by atoms with Gasteiger partial charge in [0.25, 0.3) is 10.1 Å². The second kappa shape index (κ2) is 20.0. The number of alkyl halides is 9. The van der Waals surface area contributed by atoms with Crippen LogP contribution in [-0.2, 0) is 38.7 Å². The smallest absolute Gasteiger partial charge is 0.441 e. The molecule has 0 bridgehead atoms. The van der Waals surface area contributed by atoms with Crippen molar-refractivity contribution in [2.24, 2.45) is 16.7 Å². The molecule has 0 aliphatic rings. The maximum atomic E-state index is 13.6. The van der Waals surface area contributed by atoms with E-state index in [1.165, 1.54) is 34.6 Å². The van der Waals surface area contributed by atoms with Gasteiger partial charge < -0.3 is 19.3 Å². The molecule has 20 heteroatoms. The van der Waals surface area contributed by atoms with Gasteiger partial charge in [0, 0.05) is 6.42 Å². The molecule has 0 aromatic rings. The maximum absolute atomic E-state index is 13.6. The van der Waals surface area contributed by atoms with E-state index in [1.807, 2.05) is 0 Å². The molecule has 2 N–H and O–H groups in total. The van der Waals surface area contributed by atoms with Crippen molar-refractivity contribution in [2.45, 2.75) is 177 Å². The third-order valence-corrected chi connectivity index (χ3v) is 9.63. The van der Waals surface area contributed by atoms with Crippen molar-refractivity contribution in [1.82, 2.24) is 0 Å². The summed E-state index contributed by atoms with van der Waals surface area (Å²) in [5, 5.41) is 8.66. The van der Waals surface area contributed by atoms with Crippen LogP contribution in [0.5, 0.6) is 0 Å². The molecule has 0 aliphatic carbocycles. The van der Waals surface area contributed by atoms with E-state index in [-0.39, 0.29) is 13.8 Å². The van der Waals surface area contributed by atoms with E-state index in [4.69, 9.17) is 9.29 Å². The highest BCUT2D eigenvalue weighted by Crippen LogP contribution is 2.54. The van der Waals surface area contributed by atoms with Crippen molar-refractivity contribution in [1.29, 1.82) is 0 Å². The van der Waals surface area contributed by atoms with Crippen molar-refractivity contribution in [3.05, 3.63) is 0 Å². The van der Waals surface area contributed by atoms with E-state index < -0.39 is 97.9 Å². The average Bonchev–Trinajstić information content (AvgIpc) is 2.92. The second-order valence-electron chi connectivity index (χ2n) is 14.6. The van der Waals surface area contributed by atoms with E-state index in [0.717, 1.165) is 13.8 Å². The summed E-state index contributed by atoms with van der Waals surface area (Å²) in [7, 11) is -3.75. The first-order valence-corrected chi connectivity index (χ1v) is 17.6. The molecule has 10 nitrogen and oxygen atoms in total. The van der Waals surface area contributed by atoms with E-state index in [9.17, 15) is 67.4 Å². The summed E-state index contributed by atoms with van der Waals surface area (Å²) in [6.07, 6.45) is -17.5. The fourth-order valence-electron chi connectivity index (χ4n) is 3.35. The average molecular weight is 819 g/mol. The van der Waals surface area contributed by atoms with Gasteiger partial charge in [0.2, 0.25) is 0 Å². The molecular weight excluding hydrogens is 759 g/mol. The molecular formula is C33H59F9O10S. The van der Waals surface area contributed by atoms with Gasteiger partial charge in [-0.05, 0) is 81.6 Å². The summed E-state index contributed by atoms with van der Waals surface area (Å²) in [5.74, 6) is -4.82. The minimum absolute atomic E-state index is 0. The van der Waals surface area contributed by atoms with Crippen molar-refractivity contribution in [2.75, 3.05) is 0 Å². The van der Waals surface area contributed by atoms with Gasteiger partial charge in [-0.25, -0.2) is 0 Å². The van der Waals surface area contributed by atoms with E-state index in [0.29, 0.717) is 33.6 Å². The zero-order valence-electron chi connectivity index (χ0n) is 32.0. The Labute approximate surface area is 307 Å². The maximum Gasteiger partial charge on any atom is 0.441 e. The molecule has 0 spiro atoms. The first-order chi connectivity index (χ1) is 22.6. The normalized spacial score (nSPS) is 15.6. The van der Waals surface area contributed by atoms with Crippen LogP contribution in [0.2, 0.25) is 0 Å². The molecule has 0 aromatic heterocycles. The topological polar surface area (TPSA) is 154 Å². The van der Waals surface area contributed by atoms with Gasteiger partial charge in [-0.1, -0.05) is 42.0 Å². The molecule has 0 saturated heterocycles. The largest absolute Gasteiger partial charge is 0.462 e. The minimum atomic E-state index is -6.09. The first-order valence-electron chi connectivity index (χ1n) is 16.1. The van der Waals surface area contributed by atoms with Crippen LogP contribution in [-0.4, -0.2) is 82.7 Å². The number of halogens is 9. The number of ether oxygens (including phenoxy) is 3. The van der Waals surface area contributed by atoms with Crippen LogP contribution < -0.4 is 0 Å². The molecule has 0 heterocycles. The Kier molecular flexibility index (Phi) is 21.7. The Morgan fingerprint density at radius 2 is 1.02 bits per heavy atom.